The maximum atomic E-state index is 11.3. The largest absolute Gasteiger partial charge is 0.465 e. The Kier molecular flexibility index (Phi) is 3.26. The van der Waals surface area contributed by atoms with E-state index in [2.05, 4.69) is 20.7 Å². The van der Waals surface area contributed by atoms with Gasteiger partial charge in [0.05, 0.1) is 24.3 Å². The lowest BCUT2D eigenvalue weighted by Gasteiger charge is -2.05. The molecule has 0 aliphatic carbocycles. The molecule has 0 aliphatic rings. The van der Waals surface area contributed by atoms with Gasteiger partial charge in [-0.1, -0.05) is 15.9 Å². The maximum absolute atomic E-state index is 11.3. The Labute approximate surface area is 90.4 Å². The first-order chi connectivity index (χ1) is 6.60. The highest BCUT2D eigenvalue weighted by molar-refractivity contribution is 9.10. The third-order valence-corrected chi connectivity index (χ3v) is 2.70. The SMILES string of the molecule is COC(=O)c1cc(C#N)cc(Br)c1C. The third-order valence-electron chi connectivity index (χ3n) is 1.88. The number of carbonyl (C=O) groups excluding carboxylic acids is 1. The minimum atomic E-state index is -0.430. The average Bonchev–Trinajstić information content (AvgIpc) is 2.20. The zero-order valence-electron chi connectivity index (χ0n) is 7.80. The second kappa shape index (κ2) is 4.25. The summed E-state index contributed by atoms with van der Waals surface area (Å²) in [5.74, 6) is -0.430. The van der Waals surface area contributed by atoms with Crippen LogP contribution in [-0.4, -0.2) is 13.1 Å². The molecule has 0 aliphatic heterocycles. The van der Waals surface area contributed by atoms with Crippen LogP contribution in [0, 0.1) is 18.3 Å². The van der Waals surface area contributed by atoms with E-state index in [1.54, 1.807) is 13.0 Å². The van der Waals surface area contributed by atoms with Gasteiger partial charge >= 0.3 is 5.97 Å². The lowest BCUT2D eigenvalue weighted by molar-refractivity contribution is 0.0600. The molecule has 0 radical (unpaired) electrons. The van der Waals surface area contributed by atoms with Crippen LogP contribution >= 0.6 is 15.9 Å². The number of hydrogen-bond donors (Lipinski definition) is 0. The predicted octanol–water partition coefficient (Wildman–Crippen LogP) is 2.42. The van der Waals surface area contributed by atoms with E-state index < -0.39 is 5.97 Å². The summed E-state index contributed by atoms with van der Waals surface area (Å²) < 4.78 is 5.34. The molecule has 3 nitrogen and oxygen atoms in total. The molecular formula is C10H8BrNO2. The van der Waals surface area contributed by atoms with Crippen LogP contribution in [0.5, 0.6) is 0 Å². The Bertz CT molecular complexity index is 421. The third kappa shape index (κ3) is 1.94. The number of nitriles is 1. The molecule has 72 valence electrons. The van der Waals surface area contributed by atoms with Gasteiger partial charge in [-0.05, 0) is 24.6 Å². The average molecular weight is 254 g/mol. The number of halogens is 1. The first-order valence-corrected chi connectivity index (χ1v) is 4.68. The van der Waals surface area contributed by atoms with Crippen molar-refractivity contribution in [1.29, 1.82) is 5.26 Å². The summed E-state index contributed by atoms with van der Waals surface area (Å²) >= 11 is 3.28. The molecule has 14 heavy (non-hydrogen) atoms. The van der Waals surface area contributed by atoms with Crippen molar-refractivity contribution >= 4 is 21.9 Å². The van der Waals surface area contributed by atoms with Crippen LogP contribution in [0.25, 0.3) is 0 Å². The molecule has 0 amide bonds. The van der Waals surface area contributed by atoms with E-state index in [4.69, 9.17) is 5.26 Å². The molecule has 0 saturated carbocycles. The highest BCUT2D eigenvalue weighted by Gasteiger charge is 2.12. The summed E-state index contributed by atoms with van der Waals surface area (Å²) in [6.07, 6.45) is 0. The minimum Gasteiger partial charge on any atom is -0.465 e. The van der Waals surface area contributed by atoms with Crippen molar-refractivity contribution in [3.63, 3.8) is 0 Å². The summed E-state index contributed by atoms with van der Waals surface area (Å²) in [7, 11) is 1.31. The van der Waals surface area contributed by atoms with Crippen molar-refractivity contribution in [1.82, 2.24) is 0 Å². The molecule has 0 heterocycles. The lowest BCUT2D eigenvalue weighted by Crippen LogP contribution is -2.04. The fourth-order valence-corrected chi connectivity index (χ4v) is 1.53. The van der Waals surface area contributed by atoms with Crippen LogP contribution in [0.2, 0.25) is 0 Å². The summed E-state index contributed by atoms with van der Waals surface area (Å²) in [5, 5.41) is 8.71. The van der Waals surface area contributed by atoms with E-state index in [-0.39, 0.29) is 0 Å². The summed E-state index contributed by atoms with van der Waals surface area (Å²) in [5.41, 5.74) is 1.62. The summed E-state index contributed by atoms with van der Waals surface area (Å²) in [4.78, 5) is 11.3. The van der Waals surface area contributed by atoms with Gasteiger partial charge in [0.1, 0.15) is 0 Å². The second-order valence-corrected chi connectivity index (χ2v) is 3.59. The van der Waals surface area contributed by atoms with E-state index in [0.717, 1.165) is 10.0 Å². The van der Waals surface area contributed by atoms with Crippen molar-refractivity contribution in [3.8, 4) is 6.07 Å². The van der Waals surface area contributed by atoms with Gasteiger partial charge in [-0.15, -0.1) is 0 Å². The van der Waals surface area contributed by atoms with Crippen LogP contribution in [0.3, 0.4) is 0 Å². The van der Waals surface area contributed by atoms with E-state index in [9.17, 15) is 4.79 Å². The predicted molar refractivity (Wildman–Crippen MR) is 54.9 cm³/mol. The van der Waals surface area contributed by atoms with Gasteiger partial charge in [0.15, 0.2) is 0 Å². The van der Waals surface area contributed by atoms with Crippen molar-refractivity contribution in [3.05, 3.63) is 33.3 Å². The molecule has 0 bridgehead atoms. The van der Waals surface area contributed by atoms with Crippen LogP contribution in [0.1, 0.15) is 21.5 Å². The number of methoxy groups -OCH3 is 1. The number of hydrogen-bond acceptors (Lipinski definition) is 3. The summed E-state index contributed by atoms with van der Waals surface area (Å²) in [6.45, 7) is 1.79. The topological polar surface area (TPSA) is 50.1 Å². The van der Waals surface area contributed by atoms with Crippen LogP contribution in [-0.2, 0) is 4.74 Å². The number of carbonyl (C=O) groups is 1. The smallest absolute Gasteiger partial charge is 0.338 e. The first-order valence-electron chi connectivity index (χ1n) is 3.88. The fourth-order valence-electron chi connectivity index (χ4n) is 1.07. The molecule has 0 atom stereocenters. The van der Waals surface area contributed by atoms with Crippen molar-refractivity contribution in [2.75, 3.05) is 7.11 Å². The van der Waals surface area contributed by atoms with Gasteiger partial charge in [-0.25, -0.2) is 4.79 Å². The quantitative estimate of drug-likeness (QED) is 0.723. The molecule has 0 aromatic heterocycles. The summed E-state index contributed by atoms with van der Waals surface area (Å²) in [6, 6.07) is 5.16. The molecule has 0 N–H and O–H groups in total. The van der Waals surface area contributed by atoms with Gasteiger partial charge in [-0.2, -0.15) is 5.26 Å². The van der Waals surface area contributed by atoms with Gasteiger partial charge in [0, 0.05) is 4.47 Å². The van der Waals surface area contributed by atoms with E-state index in [1.165, 1.54) is 13.2 Å². The Balaban J connectivity index is 3.36. The van der Waals surface area contributed by atoms with Crippen LogP contribution in [0.4, 0.5) is 0 Å². The molecule has 4 heteroatoms. The molecule has 0 unspecified atom stereocenters. The Morgan fingerprint density at radius 1 is 1.57 bits per heavy atom. The minimum absolute atomic E-state index is 0.415. The highest BCUT2D eigenvalue weighted by Crippen LogP contribution is 2.22. The van der Waals surface area contributed by atoms with Crippen molar-refractivity contribution in [2.45, 2.75) is 6.92 Å². The van der Waals surface area contributed by atoms with E-state index >= 15 is 0 Å². The van der Waals surface area contributed by atoms with Gasteiger partial charge in [0.2, 0.25) is 0 Å². The number of rotatable bonds is 1. The van der Waals surface area contributed by atoms with Gasteiger partial charge < -0.3 is 4.74 Å². The zero-order chi connectivity index (χ0) is 10.7. The van der Waals surface area contributed by atoms with Crippen molar-refractivity contribution in [2.24, 2.45) is 0 Å². The van der Waals surface area contributed by atoms with E-state index in [1.807, 2.05) is 6.07 Å². The van der Waals surface area contributed by atoms with Gasteiger partial charge in [-0.3, -0.25) is 0 Å². The number of benzene rings is 1. The second-order valence-electron chi connectivity index (χ2n) is 2.73. The molecule has 0 fully saturated rings. The molecular weight excluding hydrogens is 246 g/mol. The fraction of sp³-hybridized carbons (Fsp3) is 0.200. The normalized spacial score (nSPS) is 9.29. The standard InChI is InChI=1S/C10H8BrNO2/c1-6-8(10(13)14-2)3-7(5-12)4-9(6)11/h3-4H,1-2H3. The Morgan fingerprint density at radius 2 is 2.21 bits per heavy atom. The Morgan fingerprint density at radius 3 is 2.71 bits per heavy atom. The molecule has 1 rings (SSSR count). The van der Waals surface area contributed by atoms with Crippen LogP contribution < -0.4 is 0 Å². The highest BCUT2D eigenvalue weighted by atomic mass is 79.9. The number of esters is 1. The molecule has 0 saturated heterocycles. The molecule has 0 spiro atoms. The maximum Gasteiger partial charge on any atom is 0.338 e. The number of ether oxygens (including phenoxy) is 1. The monoisotopic (exact) mass is 253 g/mol. The number of nitrogens with zero attached hydrogens (tertiary/aromatic N) is 1. The zero-order valence-corrected chi connectivity index (χ0v) is 9.38. The van der Waals surface area contributed by atoms with Gasteiger partial charge in [0.25, 0.3) is 0 Å². The van der Waals surface area contributed by atoms with Crippen LogP contribution in [0.15, 0.2) is 16.6 Å². The Hall–Kier alpha value is -1.34. The molecule has 1 aromatic carbocycles. The first kappa shape index (κ1) is 10.7. The lowest BCUT2D eigenvalue weighted by atomic mass is 10.1. The van der Waals surface area contributed by atoms with Crippen molar-refractivity contribution < 1.29 is 9.53 Å². The molecule has 1 aromatic rings. The van der Waals surface area contributed by atoms with E-state index in [0.29, 0.717) is 11.1 Å².